The molecule has 0 aromatic carbocycles. The molecule has 0 aliphatic carbocycles. The summed E-state index contributed by atoms with van der Waals surface area (Å²) in [7, 11) is 0. The highest BCUT2D eigenvalue weighted by atomic mass is 35.5. The number of halogens is 2. The van der Waals surface area contributed by atoms with Crippen molar-refractivity contribution in [3.63, 3.8) is 0 Å². The zero-order valence-electron chi connectivity index (χ0n) is 5.30. The molecule has 0 bridgehead atoms. The van der Waals surface area contributed by atoms with Gasteiger partial charge in [0.2, 0.25) is 11.5 Å². The van der Waals surface area contributed by atoms with E-state index in [9.17, 15) is 4.21 Å². The molecule has 60 valence electrons. The fourth-order valence-electron chi connectivity index (χ4n) is 0.436. The highest BCUT2D eigenvalue weighted by molar-refractivity contribution is 7.54. The smallest absolute Gasteiger partial charge is 0.190 e. The van der Waals surface area contributed by atoms with Crippen LogP contribution in [0.4, 0.5) is 0 Å². The Bertz CT molecular complexity index is 122. The first-order chi connectivity index (χ1) is 4.85. The number of hydrogen-bond donors (Lipinski definition) is 0. The molecule has 0 aliphatic heterocycles. The summed E-state index contributed by atoms with van der Waals surface area (Å²) in [6, 6.07) is 0. The van der Waals surface area contributed by atoms with Crippen molar-refractivity contribution in [2.45, 2.75) is 0 Å². The fraction of sp³-hybridized carbons (Fsp3) is 1.00. The Balaban J connectivity index is 3.60. The van der Waals surface area contributed by atoms with Crippen LogP contribution in [0.5, 0.6) is 0 Å². The van der Waals surface area contributed by atoms with Crippen molar-refractivity contribution in [1.29, 1.82) is 0 Å². The van der Waals surface area contributed by atoms with Gasteiger partial charge in [-0.1, -0.05) is 0 Å². The quantitative estimate of drug-likeness (QED) is 0.494. The highest BCUT2D eigenvalue weighted by Crippen LogP contribution is 1.91. The second-order valence-corrected chi connectivity index (χ2v) is 2.56. The Kier molecular flexibility index (Phi) is 7.74. The lowest BCUT2D eigenvalue weighted by atomic mass is 10.6. The van der Waals surface area contributed by atoms with Crippen molar-refractivity contribution in [3.8, 4) is 0 Å². The van der Waals surface area contributed by atoms with Crippen LogP contribution in [0.2, 0.25) is 0 Å². The van der Waals surface area contributed by atoms with Crippen LogP contribution in [0.25, 0.3) is 0 Å². The van der Waals surface area contributed by atoms with Gasteiger partial charge in [0.05, 0.1) is 0 Å². The van der Waals surface area contributed by atoms with E-state index in [0.29, 0.717) is 24.8 Å². The number of alkyl halides is 2. The Labute approximate surface area is 73.5 Å². The topological polar surface area (TPSA) is 32.7 Å². The summed E-state index contributed by atoms with van der Waals surface area (Å²) in [5.74, 6) is 0.919. The first-order valence-electron chi connectivity index (χ1n) is 2.72. The van der Waals surface area contributed by atoms with Crippen LogP contribution in [-0.4, -0.2) is 34.1 Å². The zero-order chi connectivity index (χ0) is 7.82. The summed E-state index contributed by atoms with van der Waals surface area (Å²) in [6.45, 7) is 1.15. The maximum atomic E-state index is 9.91. The minimum absolute atomic E-state index is 0.173. The van der Waals surface area contributed by atoms with Gasteiger partial charge in [-0.2, -0.15) is 9.22 Å². The molecule has 10 heavy (non-hydrogen) atoms. The average Bonchev–Trinajstić information content (AvgIpc) is 1.90. The molecule has 0 aromatic rings. The molecular formula is C4H8Cl2N2OS. The maximum Gasteiger partial charge on any atom is 0.217 e. The summed E-state index contributed by atoms with van der Waals surface area (Å²) in [6.07, 6.45) is 0. The predicted molar refractivity (Wildman–Crippen MR) is 43.6 cm³/mol. The van der Waals surface area contributed by atoms with E-state index >= 15 is 0 Å². The van der Waals surface area contributed by atoms with E-state index in [1.807, 2.05) is 0 Å². The van der Waals surface area contributed by atoms with Crippen molar-refractivity contribution >= 4 is 34.7 Å². The van der Waals surface area contributed by atoms with Crippen molar-refractivity contribution in [2.75, 3.05) is 24.8 Å². The Morgan fingerprint density at radius 3 is 2.10 bits per heavy atom. The van der Waals surface area contributed by atoms with E-state index < -0.39 is 0 Å². The van der Waals surface area contributed by atoms with E-state index in [1.165, 1.54) is 0 Å². The average molecular weight is 203 g/mol. The molecule has 6 heteroatoms. The molecule has 0 rings (SSSR count). The van der Waals surface area contributed by atoms with E-state index in [4.69, 9.17) is 23.2 Å². The first kappa shape index (κ1) is 10.4. The fourth-order valence-corrected chi connectivity index (χ4v) is 1.08. The SMILES string of the molecule is O=S=NN(CCCl)CCCl. The molecule has 0 radical (unpaired) electrons. The Hall–Kier alpha value is 0.360. The zero-order valence-corrected chi connectivity index (χ0v) is 7.62. The molecule has 0 atom stereocenters. The summed E-state index contributed by atoms with van der Waals surface area (Å²) < 4.78 is 13.4. The number of rotatable bonds is 5. The van der Waals surface area contributed by atoms with Crippen molar-refractivity contribution in [2.24, 2.45) is 4.47 Å². The highest BCUT2D eigenvalue weighted by Gasteiger charge is 1.98. The lowest BCUT2D eigenvalue weighted by molar-refractivity contribution is 0.331. The van der Waals surface area contributed by atoms with Gasteiger partial charge in [0.1, 0.15) is 0 Å². The maximum absolute atomic E-state index is 9.91. The van der Waals surface area contributed by atoms with Gasteiger partial charge < -0.3 is 0 Å². The van der Waals surface area contributed by atoms with Gasteiger partial charge in [-0.3, -0.25) is 0 Å². The molecule has 0 unspecified atom stereocenters. The lowest BCUT2D eigenvalue weighted by Crippen LogP contribution is -2.21. The third-order valence-electron chi connectivity index (χ3n) is 0.834. The van der Waals surface area contributed by atoms with Crippen molar-refractivity contribution in [1.82, 2.24) is 5.01 Å². The number of nitrogens with zero attached hydrogens (tertiary/aromatic N) is 2. The largest absolute Gasteiger partial charge is 0.217 e. The monoisotopic (exact) mass is 202 g/mol. The van der Waals surface area contributed by atoms with Crippen LogP contribution >= 0.6 is 23.2 Å². The normalized spacial score (nSPS) is 9.90. The standard InChI is InChI=1S/C4H8Cl2N2OS/c5-1-3-8(4-2-6)7-10-9/h1-4H2. The minimum atomic E-state index is 0.173. The van der Waals surface area contributed by atoms with Crippen LogP contribution < -0.4 is 0 Å². The first-order valence-corrected chi connectivity index (χ1v) is 4.48. The van der Waals surface area contributed by atoms with Gasteiger partial charge in [0.15, 0.2) is 0 Å². The molecule has 0 aliphatic rings. The molecule has 0 fully saturated rings. The van der Waals surface area contributed by atoms with Crippen LogP contribution in [-0.2, 0) is 11.5 Å². The predicted octanol–water partition coefficient (Wildman–Crippen LogP) is 1.08. The van der Waals surface area contributed by atoms with Crippen molar-refractivity contribution < 1.29 is 4.21 Å². The van der Waals surface area contributed by atoms with Gasteiger partial charge in [-0.15, -0.1) is 27.7 Å². The third kappa shape index (κ3) is 5.17. The summed E-state index contributed by atoms with van der Waals surface area (Å²) in [5.41, 5.74) is 0. The van der Waals surface area contributed by atoms with Gasteiger partial charge in [-0.05, 0) is 0 Å². The molecule has 3 nitrogen and oxygen atoms in total. The molecule has 0 aromatic heterocycles. The second-order valence-electron chi connectivity index (χ2n) is 1.49. The van der Waals surface area contributed by atoms with E-state index in [0.717, 1.165) is 0 Å². The van der Waals surface area contributed by atoms with Crippen LogP contribution in [0.3, 0.4) is 0 Å². The van der Waals surface area contributed by atoms with Gasteiger partial charge >= 0.3 is 0 Å². The third-order valence-corrected chi connectivity index (χ3v) is 1.47. The minimum Gasteiger partial charge on any atom is -0.190 e. The molecule has 0 spiro atoms. The van der Waals surface area contributed by atoms with E-state index in [1.54, 1.807) is 5.01 Å². The summed E-state index contributed by atoms with van der Waals surface area (Å²) in [4.78, 5) is 0. The second kappa shape index (κ2) is 7.47. The summed E-state index contributed by atoms with van der Waals surface area (Å²) in [5, 5.41) is 1.55. The molecule has 0 heterocycles. The van der Waals surface area contributed by atoms with E-state index in [2.05, 4.69) is 4.47 Å². The molecule has 0 saturated carbocycles. The Morgan fingerprint density at radius 2 is 1.80 bits per heavy atom. The van der Waals surface area contributed by atoms with E-state index in [-0.39, 0.29) is 11.5 Å². The number of hydrogen-bond acceptors (Lipinski definition) is 2. The molecule has 0 N–H and O–H groups in total. The lowest BCUT2D eigenvalue weighted by Gasteiger charge is -2.09. The van der Waals surface area contributed by atoms with Gasteiger partial charge in [-0.25, -0.2) is 0 Å². The van der Waals surface area contributed by atoms with Crippen LogP contribution in [0.1, 0.15) is 0 Å². The van der Waals surface area contributed by atoms with Crippen molar-refractivity contribution in [3.05, 3.63) is 0 Å². The molecule has 0 saturated heterocycles. The Morgan fingerprint density at radius 1 is 1.30 bits per heavy atom. The van der Waals surface area contributed by atoms with Crippen LogP contribution in [0, 0.1) is 0 Å². The summed E-state index contributed by atoms with van der Waals surface area (Å²) >= 11 is 11.0. The van der Waals surface area contributed by atoms with Gasteiger partial charge in [0.25, 0.3) is 0 Å². The van der Waals surface area contributed by atoms with Crippen LogP contribution in [0.15, 0.2) is 4.47 Å². The molecular weight excluding hydrogens is 195 g/mol. The van der Waals surface area contributed by atoms with Gasteiger partial charge in [0, 0.05) is 24.8 Å². The molecule has 0 amide bonds.